The van der Waals surface area contributed by atoms with Crippen LogP contribution >= 0.6 is 34.5 Å². The number of rotatable bonds is 2. The average molecular weight is 359 g/mol. The van der Waals surface area contributed by atoms with Gasteiger partial charge in [-0.25, -0.2) is 0 Å². The summed E-state index contributed by atoms with van der Waals surface area (Å²) in [4.78, 5) is 16.8. The maximum atomic E-state index is 12.2. The van der Waals surface area contributed by atoms with Gasteiger partial charge in [0.1, 0.15) is 19.5 Å². The standard InChI is InChI=1S/C14H12Cl2N2O3S/c1-2-18-12-10(4-3-8(15)11(12)16)22-14(18)17-13(19)9-7-20-5-6-21-9/h3-4,7H,2,5-6H2,1H3. The van der Waals surface area contributed by atoms with Gasteiger partial charge in [-0.1, -0.05) is 34.5 Å². The molecule has 0 fully saturated rings. The number of amides is 1. The molecule has 1 aliphatic rings. The zero-order chi connectivity index (χ0) is 15.7. The Morgan fingerprint density at radius 3 is 2.91 bits per heavy atom. The summed E-state index contributed by atoms with van der Waals surface area (Å²) in [6, 6.07) is 3.60. The van der Waals surface area contributed by atoms with Crippen molar-refractivity contribution in [2.24, 2.45) is 4.99 Å². The normalized spacial score (nSPS) is 15.4. The summed E-state index contributed by atoms with van der Waals surface area (Å²) in [5.41, 5.74) is 0.781. The van der Waals surface area contributed by atoms with Crippen LogP contribution < -0.4 is 4.80 Å². The topological polar surface area (TPSA) is 52.8 Å². The van der Waals surface area contributed by atoms with E-state index in [1.807, 2.05) is 17.6 Å². The summed E-state index contributed by atoms with van der Waals surface area (Å²) in [5, 5.41) is 0.932. The Bertz CT molecular complexity index is 838. The predicted molar refractivity (Wildman–Crippen MR) is 86.1 cm³/mol. The number of thiazole rings is 1. The van der Waals surface area contributed by atoms with Gasteiger partial charge in [-0.15, -0.1) is 0 Å². The fraction of sp³-hybridized carbons (Fsp3) is 0.286. The van der Waals surface area contributed by atoms with Gasteiger partial charge in [0.15, 0.2) is 4.80 Å². The molecule has 0 saturated heterocycles. The minimum absolute atomic E-state index is 0.107. The number of ether oxygens (including phenoxy) is 2. The smallest absolute Gasteiger partial charge is 0.317 e. The number of hydrogen-bond acceptors (Lipinski definition) is 4. The van der Waals surface area contributed by atoms with Crippen molar-refractivity contribution >= 4 is 50.7 Å². The number of nitrogens with zero attached hydrogens (tertiary/aromatic N) is 2. The molecule has 1 aliphatic heterocycles. The third kappa shape index (κ3) is 2.74. The van der Waals surface area contributed by atoms with Crippen LogP contribution in [-0.4, -0.2) is 23.7 Å². The lowest BCUT2D eigenvalue weighted by Crippen LogP contribution is -2.19. The Balaban J connectivity index is 2.14. The first-order chi connectivity index (χ1) is 10.6. The lowest BCUT2D eigenvalue weighted by Gasteiger charge is -2.12. The SMILES string of the molecule is CCn1c(=NC(=O)C2=COCCO2)sc2ccc(Cl)c(Cl)c21. The van der Waals surface area contributed by atoms with Crippen LogP contribution in [-0.2, 0) is 20.8 Å². The summed E-state index contributed by atoms with van der Waals surface area (Å²) < 4.78 is 13.1. The van der Waals surface area contributed by atoms with E-state index in [9.17, 15) is 4.79 Å². The molecule has 2 heterocycles. The Hall–Kier alpha value is -1.50. The molecule has 0 atom stereocenters. The van der Waals surface area contributed by atoms with Crippen LogP contribution in [0.2, 0.25) is 10.0 Å². The van der Waals surface area contributed by atoms with Crippen molar-refractivity contribution in [3.63, 3.8) is 0 Å². The second-order valence-corrected chi connectivity index (χ2v) is 6.25. The molecule has 1 aromatic carbocycles. The van der Waals surface area contributed by atoms with Crippen LogP contribution in [0.3, 0.4) is 0 Å². The lowest BCUT2D eigenvalue weighted by molar-refractivity contribution is -0.119. The summed E-state index contributed by atoms with van der Waals surface area (Å²) >= 11 is 13.7. The van der Waals surface area contributed by atoms with Crippen LogP contribution in [0.15, 0.2) is 29.1 Å². The van der Waals surface area contributed by atoms with E-state index in [4.69, 9.17) is 32.7 Å². The van der Waals surface area contributed by atoms with Gasteiger partial charge < -0.3 is 14.0 Å². The van der Waals surface area contributed by atoms with Crippen molar-refractivity contribution in [2.75, 3.05) is 13.2 Å². The van der Waals surface area contributed by atoms with E-state index < -0.39 is 5.91 Å². The zero-order valence-electron chi connectivity index (χ0n) is 11.6. The van der Waals surface area contributed by atoms with Crippen molar-refractivity contribution in [3.05, 3.63) is 39.0 Å². The Kier molecular flexibility index (Phi) is 4.42. The van der Waals surface area contributed by atoms with Crippen molar-refractivity contribution < 1.29 is 14.3 Å². The number of fused-ring (bicyclic) bond motifs is 1. The van der Waals surface area contributed by atoms with E-state index in [0.717, 1.165) is 10.2 Å². The third-order valence-corrected chi connectivity index (χ3v) is 4.95. The van der Waals surface area contributed by atoms with Gasteiger partial charge in [0.05, 0.1) is 20.3 Å². The fourth-order valence-electron chi connectivity index (χ4n) is 2.10. The molecule has 8 heteroatoms. The highest BCUT2D eigenvalue weighted by molar-refractivity contribution is 7.16. The molecule has 3 rings (SSSR count). The molecule has 0 radical (unpaired) electrons. The van der Waals surface area contributed by atoms with E-state index in [1.54, 1.807) is 6.07 Å². The van der Waals surface area contributed by atoms with Crippen molar-refractivity contribution in [1.82, 2.24) is 4.57 Å². The molecule has 1 aromatic heterocycles. The highest BCUT2D eigenvalue weighted by atomic mass is 35.5. The van der Waals surface area contributed by atoms with Crippen LogP contribution in [0.4, 0.5) is 0 Å². The van der Waals surface area contributed by atoms with Gasteiger partial charge >= 0.3 is 5.91 Å². The van der Waals surface area contributed by atoms with Gasteiger partial charge in [-0.3, -0.25) is 4.79 Å². The molecule has 0 unspecified atom stereocenters. The predicted octanol–water partition coefficient (Wildman–Crippen LogP) is 3.35. The van der Waals surface area contributed by atoms with E-state index in [0.29, 0.717) is 34.6 Å². The first kappa shape index (κ1) is 15.4. The van der Waals surface area contributed by atoms with Gasteiger partial charge in [-0.2, -0.15) is 4.99 Å². The molecule has 2 aromatic rings. The fourth-order valence-corrected chi connectivity index (χ4v) is 3.68. The van der Waals surface area contributed by atoms with E-state index in [1.165, 1.54) is 17.6 Å². The molecular formula is C14H12Cl2N2O3S. The number of carbonyl (C=O) groups excluding carboxylic acids is 1. The molecular weight excluding hydrogens is 347 g/mol. The highest BCUT2D eigenvalue weighted by Gasteiger charge is 2.16. The summed E-state index contributed by atoms with van der Waals surface area (Å²) in [5.74, 6) is -0.369. The van der Waals surface area contributed by atoms with Crippen LogP contribution in [0.5, 0.6) is 0 Å². The third-order valence-electron chi connectivity index (χ3n) is 3.11. The summed E-state index contributed by atoms with van der Waals surface area (Å²) in [6.45, 7) is 3.34. The van der Waals surface area contributed by atoms with Gasteiger partial charge in [-0.05, 0) is 19.1 Å². The molecule has 0 spiro atoms. The Morgan fingerprint density at radius 2 is 2.23 bits per heavy atom. The number of carbonyl (C=O) groups is 1. The monoisotopic (exact) mass is 358 g/mol. The minimum Gasteiger partial charge on any atom is -0.494 e. The first-order valence-corrected chi connectivity index (χ1v) is 8.20. The van der Waals surface area contributed by atoms with Crippen molar-refractivity contribution in [3.8, 4) is 0 Å². The largest absolute Gasteiger partial charge is 0.494 e. The number of aromatic nitrogens is 1. The Labute approximate surface area is 140 Å². The summed E-state index contributed by atoms with van der Waals surface area (Å²) in [7, 11) is 0. The maximum Gasteiger partial charge on any atom is 0.317 e. The van der Waals surface area contributed by atoms with E-state index >= 15 is 0 Å². The van der Waals surface area contributed by atoms with Crippen LogP contribution in [0, 0.1) is 0 Å². The second kappa shape index (κ2) is 6.32. The molecule has 22 heavy (non-hydrogen) atoms. The van der Waals surface area contributed by atoms with Crippen LogP contribution in [0.25, 0.3) is 10.2 Å². The highest BCUT2D eigenvalue weighted by Crippen LogP contribution is 2.32. The molecule has 5 nitrogen and oxygen atoms in total. The maximum absolute atomic E-state index is 12.2. The van der Waals surface area contributed by atoms with Gasteiger partial charge in [0.25, 0.3) is 0 Å². The lowest BCUT2D eigenvalue weighted by atomic mass is 10.3. The van der Waals surface area contributed by atoms with Gasteiger partial charge in [0.2, 0.25) is 5.76 Å². The molecule has 0 N–H and O–H groups in total. The first-order valence-electron chi connectivity index (χ1n) is 6.62. The number of halogens is 2. The van der Waals surface area contributed by atoms with Gasteiger partial charge in [0, 0.05) is 6.54 Å². The number of hydrogen-bond donors (Lipinski definition) is 0. The minimum atomic E-state index is -0.476. The molecule has 0 bridgehead atoms. The van der Waals surface area contributed by atoms with E-state index in [2.05, 4.69) is 4.99 Å². The molecule has 0 saturated carbocycles. The quantitative estimate of drug-likeness (QED) is 0.826. The molecule has 0 aliphatic carbocycles. The van der Waals surface area contributed by atoms with E-state index in [-0.39, 0.29) is 5.76 Å². The summed E-state index contributed by atoms with van der Waals surface area (Å²) in [6.07, 6.45) is 1.29. The number of aryl methyl sites for hydroxylation is 1. The van der Waals surface area contributed by atoms with Crippen molar-refractivity contribution in [2.45, 2.75) is 13.5 Å². The number of benzene rings is 1. The molecule has 116 valence electrons. The molecule has 1 amide bonds. The Morgan fingerprint density at radius 1 is 1.41 bits per heavy atom. The zero-order valence-corrected chi connectivity index (χ0v) is 14.0. The average Bonchev–Trinajstić information content (AvgIpc) is 2.89. The second-order valence-electron chi connectivity index (χ2n) is 4.46. The van der Waals surface area contributed by atoms with Crippen molar-refractivity contribution in [1.29, 1.82) is 0 Å². The van der Waals surface area contributed by atoms with Crippen LogP contribution in [0.1, 0.15) is 6.92 Å².